The minimum atomic E-state index is -0.0454. The monoisotopic (exact) mass is 273 g/mol. The van der Waals surface area contributed by atoms with Crippen LogP contribution in [0.2, 0.25) is 0 Å². The Labute approximate surface area is 118 Å². The molecule has 5 heteroatoms. The molecule has 1 heterocycles. The molecule has 0 bridgehead atoms. The Kier molecular flexibility index (Phi) is 4.40. The number of benzene rings is 1. The van der Waals surface area contributed by atoms with E-state index in [2.05, 4.69) is 10.4 Å². The molecule has 2 rings (SSSR count). The Bertz CT molecular complexity index is 575. The number of carbonyl (C=O) groups excluding carboxylic acids is 1. The zero-order valence-corrected chi connectivity index (χ0v) is 11.7. The zero-order valence-electron chi connectivity index (χ0n) is 11.7. The maximum absolute atomic E-state index is 11.9. The molecule has 1 aromatic carbocycles. The van der Waals surface area contributed by atoms with Gasteiger partial charge in [-0.3, -0.25) is 9.48 Å². The summed E-state index contributed by atoms with van der Waals surface area (Å²) in [6.45, 7) is 1.94. The van der Waals surface area contributed by atoms with E-state index in [4.69, 9.17) is 0 Å². The van der Waals surface area contributed by atoms with E-state index in [0.29, 0.717) is 12.8 Å². The third kappa shape index (κ3) is 3.85. The highest BCUT2D eigenvalue weighted by atomic mass is 16.3. The largest absolute Gasteiger partial charge is 0.508 e. The molecular weight excluding hydrogens is 254 g/mol. The summed E-state index contributed by atoms with van der Waals surface area (Å²) in [6, 6.07) is 6.87. The standard InChI is InChI=1S/C15H19N3O2/c1-11(13-9-16-18(2)10-13)17-15(20)8-5-12-3-6-14(19)7-4-12/h3-4,6-7,9-11,19H,5,8H2,1-2H3,(H,17,20)/t11-/m0/s1. The van der Waals surface area contributed by atoms with Crippen molar-refractivity contribution in [3.05, 3.63) is 47.8 Å². The van der Waals surface area contributed by atoms with Crippen molar-refractivity contribution in [2.75, 3.05) is 0 Å². The van der Waals surface area contributed by atoms with Gasteiger partial charge < -0.3 is 10.4 Å². The molecular formula is C15H19N3O2. The molecule has 0 saturated heterocycles. The molecule has 0 spiro atoms. The highest BCUT2D eigenvalue weighted by molar-refractivity contribution is 5.76. The Hall–Kier alpha value is -2.30. The van der Waals surface area contributed by atoms with Crippen LogP contribution in [0.5, 0.6) is 5.75 Å². The molecule has 1 aromatic heterocycles. The molecule has 1 atom stereocenters. The molecule has 0 aliphatic carbocycles. The summed E-state index contributed by atoms with van der Waals surface area (Å²) in [5.74, 6) is 0.248. The van der Waals surface area contributed by atoms with Gasteiger partial charge in [0.25, 0.3) is 0 Å². The maximum Gasteiger partial charge on any atom is 0.220 e. The molecule has 0 aliphatic heterocycles. The average Bonchev–Trinajstić information content (AvgIpc) is 2.85. The molecule has 0 fully saturated rings. The first-order valence-electron chi connectivity index (χ1n) is 6.60. The number of nitrogens with one attached hydrogen (secondary N) is 1. The quantitative estimate of drug-likeness (QED) is 0.874. The molecule has 0 saturated carbocycles. The van der Waals surface area contributed by atoms with Gasteiger partial charge in [0.2, 0.25) is 5.91 Å². The van der Waals surface area contributed by atoms with Crippen LogP contribution in [-0.4, -0.2) is 20.8 Å². The number of aromatic nitrogens is 2. The second-order valence-corrected chi connectivity index (χ2v) is 4.90. The number of hydrogen-bond acceptors (Lipinski definition) is 3. The van der Waals surface area contributed by atoms with E-state index in [1.54, 1.807) is 23.0 Å². The number of phenols is 1. The van der Waals surface area contributed by atoms with Crippen molar-refractivity contribution >= 4 is 5.91 Å². The summed E-state index contributed by atoms with van der Waals surface area (Å²) in [4.78, 5) is 11.9. The summed E-state index contributed by atoms with van der Waals surface area (Å²) >= 11 is 0. The van der Waals surface area contributed by atoms with Crippen LogP contribution in [-0.2, 0) is 18.3 Å². The van der Waals surface area contributed by atoms with Crippen molar-refractivity contribution in [3.63, 3.8) is 0 Å². The van der Waals surface area contributed by atoms with Gasteiger partial charge in [0.1, 0.15) is 5.75 Å². The first-order chi connectivity index (χ1) is 9.54. The van der Waals surface area contributed by atoms with E-state index >= 15 is 0 Å². The van der Waals surface area contributed by atoms with Gasteiger partial charge in [-0.15, -0.1) is 0 Å². The van der Waals surface area contributed by atoms with Gasteiger partial charge in [0, 0.05) is 25.2 Å². The highest BCUT2D eigenvalue weighted by Gasteiger charge is 2.11. The number of nitrogens with zero attached hydrogens (tertiary/aromatic N) is 2. The van der Waals surface area contributed by atoms with Gasteiger partial charge in [-0.25, -0.2) is 0 Å². The van der Waals surface area contributed by atoms with E-state index in [-0.39, 0.29) is 17.7 Å². The second-order valence-electron chi connectivity index (χ2n) is 4.90. The molecule has 106 valence electrons. The molecule has 0 unspecified atom stereocenters. The van der Waals surface area contributed by atoms with Gasteiger partial charge >= 0.3 is 0 Å². The normalized spacial score (nSPS) is 12.1. The predicted molar refractivity (Wildman–Crippen MR) is 76.2 cm³/mol. The Morgan fingerprint density at radius 1 is 1.40 bits per heavy atom. The molecule has 2 aromatic rings. The lowest BCUT2D eigenvalue weighted by atomic mass is 10.1. The summed E-state index contributed by atoms with van der Waals surface area (Å²) in [5.41, 5.74) is 2.03. The Balaban J connectivity index is 1.82. The van der Waals surface area contributed by atoms with Gasteiger partial charge in [-0.05, 0) is 31.0 Å². The average molecular weight is 273 g/mol. The van der Waals surface area contributed by atoms with E-state index in [9.17, 15) is 9.90 Å². The van der Waals surface area contributed by atoms with Gasteiger partial charge in [-0.2, -0.15) is 5.10 Å². The van der Waals surface area contributed by atoms with Crippen molar-refractivity contribution in [2.24, 2.45) is 7.05 Å². The minimum Gasteiger partial charge on any atom is -0.508 e. The number of carbonyl (C=O) groups is 1. The predicted octanol–water partition coefficient (Wildman–Crippen LogP) is 1.94. The van der Waals surface area contributed by atoms with E-state index in [1.165, 1.54) is 0 Å². The molecule has 0 aliphatic rings. The number of aryl methyl sites for hydroxylation is 2. The lowest BCUT2D eigenvalue weighted by Crippen LogP contribution is -2.26. The van der Waals surface area contributed by atoms with Crippen LogP contribution in [0.25, 0.3) is 0 Å². The topological polar surface area (TPSA) is 67.2 Å². The summed E-state index contributed by atoms with van der Waals surface area (Å²) in [6.07, 6.45) is 4.73. The van der Waals surface area contributed by atoms with Crippen LogP contribution in [0.4, 0.5) is 0 Å². The van der Waals surface area contributed by atoms with E-state index in [1.807, 2.05) is 32.3 Å². The van der Waals surface area contributed by atoms with Crippen molar-refractivity contribution in [1.29, 1.82) is 0 Å². The molecule has 20 heavy (non-hydrogen) atoms. The van der Waals surface area contributed by atoms with Crippen molar-refractivity contribution in [3.8, 4) is 5.75 Å². The van der Waals surface area contributed by atoms with E-state index < -0.39 is 0 Å². The second kappa shape index (κ2) is 6.23. The van der Waals surface area contributed by atoms with Gasteiger partial charge in [-0.1, -0.05) is 12.1 Å². The lowest BCUT2D eigenvalue weighted by molar-refractivity contribution is -0.121. The number of amides is 1. The summed E-state index contributed by atoms with van der Waals surface area (Å²) in [7, 11) is 1.85. The van der Waals surface area contributed by atoms with Gasteiger partial charge in [0.05, 0.1) is 12.2 Å². The van der Waals surface area contributed by atoms with Crippen molar-refractivity contribution < 1.29 is 9.90 Å². The number of hydrogen-bond donors (Lipinski definition) is 2. The first kappa shape index (κ1) is 14.1. The fourth-order valence-corrected chi connectivity index (χ4v) is 1.98. The lowest BCUT2D eigenvalue weighted by Gasteiger charge is -2.12. The Morgan fingerprint density at radius 2 is 2.10 bits per heavy atom. The highest BCUT2D eigenvalue weighted by Crippen LogP contribution is 2.13. The third-order valence-corrected chi connectivity index (χ3v) is 3.18. The van der Waals surface area contributed by atoms with Crippen LogP contribution in [0.1, 0.15) is 30.5 Å². The molecule has 1 amide bonds. The molecule has 5 nitrogen and oxygen atoms in total. The summed E-state index contributed by atoms with van der Waals surface area (Å²) in [5, 5.41) is 16.2. The Morgan fingerprint density at radius 3 is 2.70 bits per heavy atom. The van der Waals surface area contributed by atoms with Crippen LogP contribution < -0.4 is 5.32 Å². The minimum absolute atomic E-state index is 0.00873. The zero-order chi connectivity index (χ0) is 14.5. The van der Waals surface area contributed by atoms with Crippen molar-refractivity contribution in [2.45, 2.75) is 25.8 Å². The van der Waals surface area contributed by atoms with Crippen LogP contribution in [0.15, 0.2) is 36.7 Å². The summed E-state index contributed by atoms with van der Waals surface area (Å²) < 4.78 is 1.72. The van der Waals surface area contributed by atoms with Gasteiger partial charge in [0.15, 0.2) is 0 Å². The maximum atomic E-state index is 11.9. The van der Waals surface area contributed by atoms with E-state index in [0.717, 1.165) is 11.1 Å². The van der Waals surface area contributed by atoms with Crippen LogP contribution >= 0.6 is 0 Å². The SMILES string of the molecule is C[C@H](NC(=O)CCc1ccc(O)cc1)c1cnn(C)c1. The van der Waals surface area contributed by atoms with Crippen LogP contribution in [0, 0.1) is 0 Å². The third-order valence-electron chi connectivity index (χ3n) is 3.18. The fourth-order valence-electron chi connectivity index (χ4n) is 1.98. The molecule has 2 N–H and O–H groups in total. The van der Waals surface area contributed by atoms with Crippen molar-refractivity contribution in [1.82, 2.24) is 15.1 Å². The fraction of sp³-hybridized carbons (Fsp3) is 0.333. The smallest absolute Gasteiger partial charge is 0.220 e. The number of phenolic OH excluding ortho intramolecular Hbond substituents is 1. The first-order valence-corrected chi connectivity index (χ1v) is 6.60. The molecule has 0 radical (unpaired) electrons. The van der Waals surface area contributed by atoms with Crippen LogP contribution in [0.3, 0.4) is 0 Å². The number of rotatable bonds is 5. The number of aromatic hydroxyl groups is 1.